The van der Waals surface area contributed by atoms with Crippen LogP contribution in [0.25, 0.3) is 0 Å². The van der Waals surface area contributed by atoms with Gasteiger partial charge in [0.1, 0.15) is 0 Å². The van der Waals surface area contributed by atoms with E-state index in [1.54, 1.807) is 25.8 Å². The predicted molar refractivity (Wildman–Crippen MR) is 73.7 cm³/mol. The van der Waals surface area contributed by atoms with Crippen molar-refractivity contribution in [3.05, 3.63) is 34.3 Å². The minimum Gasteiger partial charge on any atom is -0.344 e. The van der Waals surface area contributed by atoms with Crippen LogP contribution in [0.4, 0.5) is 0 Å². The highest BCUT2D eigenvalue weighted by atomic mass is 79.9. The third-order valence-corrected chi connectivity index (χ3v) is 3.02. The van der Waals surface area contributed by atoms with Crippen LogP contribution < -0.4 is 5.73 Å². The number of nitrogens with zero attached hydrogens (tertiary/aromatic N) is 1. The van der Waals surface area contributed by atoms with Crippen LogP contribution in [0.3, 0.4) is 0 Å². The summed E-state index contributed by atoms with van der Waals surface area (Å²) < 4.78 is 1.06. The first-order chi connectivity index (χ1) is 7.80. The number of carbonyl (C=O) groups excluding carboxylic acids is 1. The monoisotopic (exact) mass is 298 g/mol. The molecule has 0 aliphatic carbocycles. The molecule has 0 unspecified atom stereocenters. The molecule has 0 bridgehead atoms. The minimum atomic E-state index is -0.800. The third kappa shape index (κ3) is 4.48. The highest BCUT2D eigenvalue weighted by Crippen LogP contribution is 2.12. The van der Waals surface area contributed by atoms with Crippen molar-refractivity contribution in [2.45, 2.75) is 25.8 Å². The van der Waals surface area contributed by atoms with Gasteiger partial charge in [-0.3, -0.25) is 4.79 Å². The highest BCUT2D eigenvalue weighted by Gasteiger charge is 2.25. The maximum Gasteiger partial charge on any atom is 0.241 e. The molecule has 4 heteroatoms. The molecule has 1 aromatic carbocycles. The van der Waals surface area contributed by atoms with E-state index in [2.05, 4.69) is 28.1 Å². The Hall–Kier alpha value is -0.870. The lowest BCUT2D eigenvalue weighted by molar-refractivity contribution is -0.134. The van der Waals surface area contributed by atoms with Gasteiger partial charge in [-0.1, -0.05) is 28.1 Å². The summed E-state index contributed by atoms with van der Waals surface area (Å²) in [6, 6.07) is 8.10. The van der Waals surface area contributed by atoms with Crippen LogP contribution in [0.15, 0.2) is 28.7 Å². The van der Waals surface area contributed by atoms with Gasteiger partial charge in [0.25, 0.3) is 0 Å². The summed E-state index contributed by atoms with van der Waals surface area (Å²) in [6.07, 6.45) is 0.831. The average molecular weight is 299 g/mol. The standard InChI is InChI=1S/C13H19BrN2O/c1-13(2,15)12(17)16(3)8-7-10-5-4-6-11(14)9-10/h4-6,9H,7-8,15H2,1-3H3. The van der Waals surface area contributed by atoms with Crippen LogP contribution in [0, 0.1) is 0 Å². The molecule has 0 atom stereocenters. The van der Waals surface area contributed by atoms with Gasteiger partial charge in [-0.15, -0.1) is 0 Å². The summed E-state index contributed by atoms with van der Waals surface area (Å²) in [5, 5.41) is 0. The molecule has 1 rings (SSSR count). The van der Waals surface area contributed by atoms with Gasteiger partial charge in [0.15, 0.2) is 0 Å². The molecule has 0 heterocycles. The molecule has 0 aliphatic heterocycles. The Bertz CT molecular complexity index is 399. The minimum absolute atomic E-state index is 0.0347. The molecule has 1 aromatic rings. The third-order valence-electron chi connectivity index (χ3n) is 2.52. The normalized spacial score (nSPS) is 11.4. The van der Waals surface area contributed by atoms with Crippen molar-refractivity contribution >= 4 is 21.8 Å². The second-order valence-electron chi connectivity index (χ2n) is 4.83. The fourth-order valence-corrected chi connectivity index (χ4v) is 2.03. The molecular weight excluding hydrogens is 280 g/mol. The predicted octanol–water partition coefficient (Wildman–Crippen LogP) is 2.19. The Morgan fingerprint density at radius 2 is 2.12 bits per heavy atom. The number of rotatable bonds is 4. The molecule has 1 amide bonds. The van der Waals surface area contributed by atoms with E-state index in [1.807, 2.05) is 12.1 Å². The smallest absolute Gasteiger partial charge is 0.241 e. The van der Waals surface area contributed by atoms with Crippen LogP contribution in [-0.2, 0) is 11.2 Å². The highest BCUT2D eigenvalue weighted by molar-refractivity contribution is 9.10. The van der Waals surface area contributed by atoms with Crippen molar-refractivity contribution in [1.82, 2.24) is 4.90 Å². The number of hydrogen-bond acceptors (Lipinski definition) is 2. The summed E-state index contributed by atoms with van der Waals surface area (Å²) in [5.74, 6) is -0.0347. The Morgan fingerprint density at radius 3 is 2.65 bits per heavy atom. The number of benzene rings is 1. The summed E-state index contributed by atoms with van der Waals surface area (Å²) >= 11 is 3.43. The van der Waals surface area contributed by atoms with E-state index >= 15 is 0 Å². The maximum absolute atomic E-state index is 11.8. The van der Waals surface area contributed by atoms with E-state index in [-0.39, 0.29) is 5.91 Å². The molecule has 0 saturated heterocycles. The van der Waals surface area contributed by atoms with Gasteiger partial charge >= 0.3 is 0 Å². The van der Waals surface area contributed by atoms with Gasteiger partial charge in [-0.2, -0.15) is 0 Å². The van der Waals surface area contributed by atoms with E-state index in [0.717, 1.165) is 10.9 Å². The first kappa shape index (κ1) is 14.2. The van der Waals surface area contributed by atoms with Gasteiger partial charge in [-0.05, 0) is 38.0 Å². The molecular formula is C13H19BrN2O. The summed E-state index contributed by atoms with van der Waals surface area (Å²) in [5.41, 5.74) is 6.18. The zero-order valence-corrected chi connectivity index (χ0v) is 12.1. The lowest BCUT2D eigenvalue weighted by Crippen LogP contribution is -2.50. The van der Waals surface area contributed by atoms with Crippen LogP contribution >= 0.6 is 15.9 Å². The quantitative estimate of drug-likeness (QED) is 0.926. The lowest BCUT2D eigenvalue weighted by Gasteiger charge is -2.25. The second-order valence-corrected chi connectivity index (χ2v) is 5.74. The van der Waals surface area contributed by atoms with E-state index < -0.39 is 5.54 Å². The molecule has 0 radical (unpaired) electrons. The van der Waals surface area contributed by atoms with Crippen molar-refractivity contribution in [3.63, 3.8) is 0 Å². The molecule has 0 aliphatic rings. The molecule has 3 nitrogen and oxygen atoms in total. The zero-order valence-electron chi connectivity index (χ0n) is 10.5. The van der Waals surface area contributed by atoms with Crippen molar-refractivity contribution in [1.29, 1.82) is 0 Å². The molecule has 0 aromatic heterocycles. The number of likely N-dealkylation sites (N-methyl/N-ethyl adjacent to an activating group) is 1. The van der Waals surface area contributed by atoms with Crippen molar-refractivity contribution < 1.29 is 4.79 Å². The SMILES string of the molecule is CN(CCc1cccc(Br)c1)C(=O)C(C)(C)N. The maximum atomic E-state index is 11.8. The summed E-state index contributed by atoms with van der Waals surface area (Å²) in [4.78, 5) is 13.5. The fourth-order valence-electron chi connectivity index (χ4n) is 1.58. The van der Waals surface area contributed by atoms with Crippen LogP contribution in [0.5, 0.6) is 0 Å². The number of amides is 1. The van der Waals surface area contributed by atoms with Crippen LogP contribution in [0.1, 0.15) is 19.4 Å². The average Bonchev–Trinajstić information content (AvgIpc) is 2.23. The van der Waals surface area contributed by atoms with Crippen LogP contribution in [-0.4, -0.2) is 29.9 Å². The molecule has 17 heavy (non-hydrogen) atoms. The second kappa shape index (κ2) is 5.65. The van der Waals surface area contributed by atoms with Crippen LogP contribution in [0.2, 0.25) is 0 Å². The van der Waals surface area contributed by atoms with Crippen molar-refractivity contribution in [3.8, 4) is 0 Å². The van der Waals surface area contributed by atoms with Crippen molar-refractivity contribution in [2.24, 2.45) is 5.73 Å². The van der Waals surface area contributed by atoms with Gasteiger partial charge in [0.05, 0.1) is 5.54 Å². The summed E-state index contributed by atoms with van der Waals surface area (Å²) in [6.45, 7) is 4.13. The number of nitrogens with two attached hydrogens (primary N) is 1. The molecule has 0 fully saturated rings. The summed E-state index contributed by atoms with van der Waals surface area (Å²) in [7, 11) is 1.79. The Morgan fingerprint density at radius 1 is 1.47 bits per heavy atom. The molecule has 2 N–H and O–H groups in total. The number of halogens is 1. The first-order valence-corrected chi connectivity index (χ1v) is 6.39. The molecule has 94 valence electrons. The largest absolute Gasteiger partial charge is 0.344 e. The van der Waals surface area contributed by atoms with E-state index in [4.69, 9.17) is 5.73 Å². The molecule has 0 spiro atoms. The number of carbonyl (C=O) groups is 1. The van der Waals surface area contributed by atoms with Gasteiger partial charge in [0.2, 0.25) is 5.91 Å². The zero-order chi connectivity index (χ0) is 13.1. The fraction of sp³-hybridized carbons (Fsp3) is 0.462. The number of hydrogen-bond donors (Lipinski definition) is 1. The van der Waals surface area contributed by atoms with Gasteiger partial charge in [0, 0.05) is 18.1 Å². The van der Waals surface area contributed by atoms with E-state index in [9.17, 15) is 4.79 Å². The van der Waals surface area contributed by atoms with Gasteiger partial charge < -0.3 is 10.6 Å². The Labute approximate surface area is 111 Å². The Balaban J connectivity index is 2.54. The Kier molecular flexibility index (Phi) is 4.71. The lowest BCUT2D eigenvalue weighted by atomic mass is 10.1. The van der Waals surface area contributed by atoms with E-state index in [0.29, 0.717) is 6.54 Å². The van der Waals surface area contributed by atoms with E-state index in [1.165, 1.54) is 5.56 Å². The van der Waals surface area contributed by atoms with Gasteiger partial charge in [-0.25, -0.2) is 0 Å². The molecule has 0 saturated carbocycles. The first-order valence-electron chi connectivity index (χ1n) is 5.59. The van der Waals surface area contributed by atoms with Crippen molar-refractivity contribution in [2.75, 3.05) is 13.6 Å². The topological polar surface area (TPSA) is 46.3 Å².